The summed E-state index contributed by atoms with van der Waals surface area (Å²) in [5.41, 5.74) is 1.41. The zero-order valence-electron chi connectivity index (χ0n) is 17.5. The molecule has 0 spiro atoms. The molecule has 30 heavy (non-hydrogen) atoms. The van der Waals surface area contributed by atoms with Gasteiger partial charge in [0.05, 0.1) is 12.7 Å². The molecule has 3 rings (SSSR count). The third-order valence-corrected chi connectivity index (χ3v) is 5.22. The molecule has 7 nitrogen and oxygen atoms in total. The van der Waals surface area contributed by atoms with Crippen LogP contribution < -0.4 is 20.3 Å². The van der Waals surface area contributed by atoms with Gasteiger partial charge in [0.2, 0.25) is 5.91 Å². The van der Waals surface area contributed by atoms with Crippen LogP contribution in [-0.4, -0.2) is 43.5 Å². The summed E-state index contributed by atoms with van der Waals surface area (Å²) in [6, 6.07) is 11.0. The number of hydrogen-bond donors (Lipinski definition) is 2. The van der Waals surface area contributed by atoms with E-state index in [0.29, 0.717) is 17.9 Å². The molecular weight excluding hydrogens is 380 g/mol. The lowest BCUT2D eigenvalue weighted by molar-refractivity contribution is -0.121. The number of nitrogens with zero attached hydrogens (tertiary/aromatic N) is 2. The van der Waals surface area contributed by atoms with Gasteiger partial charge in [0.1, 0.15) is 11.6 Å². The Morgan fingerprint density at radius 2 is 1.80 bits per heavy atom. The molecule has 7 heteroatoms. The van der Waals surface area contributed by atoms with Gasteiger partial charge in [-0.15, -0.1) is 0 Å². The number of aromatic nitrogens is 1. The normalized spacial score (nSPS) is 14.0. The Morgan fingerprint density at radius 3 is 2.50 bits per heavy atom. The van der Waals surface area contributed by atoms with Crippen LogP contribution in [0.1, 0.15) is 48.0 Å². The van der Waals surface area contributed by atoms with Gasteiger partial charge in [-0.3, -0.25) is 9.59 Å². The van der Waals surface area contributed by atoms with Crippen LogP contribution in [0.3, 0.4) is 0 Å². The Labute approximate surface area is 177 Å². The average Bonchev–Trinajstić information content (AvgIpc) is 3.07. The molecule has 0 saturated carbocycles. The van der Waals surface area contributed by atoms with E-state index >= 15 is 0 Å². The Bertz CT molecular complexity index is 831. The molecule has 1 aliphatic heterocycles. The number of hydrogen-bond acceptors (Lipinski definition) is 5. The van der Waals surface area contributed by atoms with Crippen molar-refractivity contribution in [1.82, 2.24) is 15.6 Å². The smallest absolute Gasteiger partial charge is 0.255 e. The van der Waals surface area contributed by atoms with Gasteiger partial charge in [0.15, 0.2) is 0 Å². The van der Waals surface area contributed by atoms with Crippen molar-refractivity contribution >= 4 is 17.6 Å². The van der Waals surface area contributed by atoms with Gasteiger partial charge >= 0.3 is 0 Å². The first-order chi connectivity index (χ1) is 14.7. The topological polar surface area (TPSA) is 83.6 Å². The summed E-state index contributed by atoms with van der Waals surface area (Å²) in [5, 5.41) is 5.63. The molecule has 0 aliphatic carbocycles. The van der Waals surface area contributed by atoms with E-state index < -0.39 is 0 Å². The van der Waals surface area contributed by atoms with Crippen molar-refractivity contribution in [1.29, 1.82) is 0 Å². The lowest BCUT2D eigenvalue weighted by Crippen LogP contribution is -2.30. The standard InChI is InChI=1S/C23H30N4O3/c1-30-20-9-5-4-8-19(20)23(29)24-13-12-22(28)26-17-18-10-11-21(25-16-18)27-14-6-2-3-7-15-27/h4-5,8-11,16H,2-3,6-7,12-15,17H2,1H3,(H,24,29)(H,26,28). The number of methoxy groups -OCH3 is 1. The van der Waals surface area contributed by atoms with Gasteiger partial charge < -0.3 is 20.3 Å². The second-order valence-corrected chi connectivity index (χ2v) is 7.41. The molecule has 2 heterocycles. The lowest BCUT2D eigenvalue weighted by Gasteiger charge is -2.21. The predicted octanol–water partition coefficient (Wildman–Crippen LogP) is 2.91. The number of anilines is 1. The van der Waals surface area contributed by atoms with E-state index in [1.165, 1.54) is 32.8 Å². The van der Waals surface area contributed by atoms with Crippen LogP contribution in [0.5, 0.6) is 5.75 Å². The molecule has 0 radical (unpaired) electrons. The van der Waals surface area contributed by atoms with Crippen molar-refractivity contribution in [2.75, 3.05) is 31.6 Å². The second-order valence-electron chi connectivity index (χ2n) is 7.41. The Morgan fingerprint density at radius 1 is 1.03 bits per heavy atom. The molecule has 2 aromatic rings. The maximum absolute atomic E-state index is 12.2. The van der Waals surface area contributed by atoms with Gasteiger partial charge in [-0.1, -0.05) is 31.0 Å². The number of ether oxygens (including phenoxy) is 1. The van der Waals surface area contributed by atoms with Crippen LogP contribution in [0.15, 0.2) is 42.6 Å². The molecule has 160 valence electrons. The Hall–Kier alpha value is -3.09. The van der Waals surface area contributed by atoms with Crippen LogP contribution in [-0.2, 0) is 11.3 Å². The highest BCUT2D eigenvalue weighted by atomic mass is 16.5. The molecule has 0 unspecified atom stereocenters. The highest BCUT2D eigenvalue weighted by Crippen LogP contribution is 2.18. The third-order valence-electron chi connectivity index (χ3n) is 5.22. The van der Waals surface area contributed by atoms with E-state index in [4.69, 9.17) is 4.74 Å². The highest BCUT2D eigenvalue weighted by Gasteiger charge is 2.12. The largest absolute Gasteiger partial charge is 0.496 e. The summed E-state index contributed by atoms with van der Waals surface area (Å²) in [7, 11) is 1.52. The number of carbonyl (C=O) groups is 2. The maximum Gasteiger partial charge on any atom is 0.255 e. The molecule has 2 N–H and O–H groups in total. The number of amides is 2. The minimum atomic E-state index is -0.256. The summed E-state index contributed by atoms with van der Waals surface area (Å²) < 4.78 is 5.19. The highest BCUT2D eigenvalue weighted by molar-refractivity contribution is 5.97. The summed E-state index contributed by atoms with van der Waals surface area (Å²) >= 11 is 0. The van der Waals surface area contributed by atoms with Gasteiger partial charge in [-0.05, 0) is 36.6 Å². The first-order valence-corrected chi connectivity index (χ1v) is 10.5. The first-order valence-electron chi connectivity index (χ1n) is 10.5. The van der Waals surface area contributed by atoms with Gasteiger partial charge in [-0.25, -0.2) is 4.98 Å². The van der Waals surface area contributed by atoms with Gasteiger partial charge in [-0.2, -0.15) is 0 Å². The molecule has 0 atom stereocenters. The minimum Gasteiger partial charge on any atom is -0.496 e. The van der Waals surface area contributed by atoms with Crippen LogP contribution in [0, 0.1) is 0 Å². The lowest BCUT2D eigenvalue weighted by atomic mass is 10.2. The van der Waals surface area contributed by atoms with Crippen LogP contribution in [0.4, 0.5) is 5.82 Å². The van der Waals surface area contributed by atoms with Crippen molar-refractivity contribution < 1.29 is 14.3 Å². The van der Waals surface area contributed by atoms with E-state index in [9.17, 15) is 9.59 Å². The summed E-state index contributed by atoms with van der Waals surface area (Å²) in [4.78, 5) is 31.2. The number of nitrogens with one attached hydrogen (secondary N) is 2. The van der Waals surface area contributed by atoms with Crippen molar-refractivity contribution in [2.45, 2.75) is 38.6 Å². The summed E-state index contributed by atoms with van der Waals surface area (Å²) in [6.07, 6.45) is 7.05. The minimum absolute atomic E-state index is 0.119. The summed E-state index contributed by atoms with van der Waals surface area (Å²) in [5.74, 6) is 1.14. The molecule has 1 aliphatic rings. The van der Waals surface area contributed by atoms with Gasteiger partial charge in [0, 0.05) is 38.8 Å². The number of pyridine rings is 1. The second kappa shape index (κ2) is 11.2. The quantitative estimate of drug-likeness (QED) is 0.699. The predicted molar refractivity (Wildman–Crippen MR) is 117 cm³/mol. The fourth-order valence-corrected chi connectivity index (χ4v) is 3.51. The van der Waals surface area contributed by atoms with E-state index in [-0.39, 0.29) is 24.8 Å². The number of para-hydroxylation sites is 1. The third kappa shape index (κ3) is 6.20. The van der Waals surface area contributed by atoms with Crippen LogP contribution in [0.2, 0.25) is 0 Å². The molecule has 0 bridgehead atoms. The SMILES string of the molecule is COc1ccccc1C(=O)NCCC(=O)NCc1ccc(N2CCCCCC2)nc1. The number of rotatable bonds is 8. The molecular formula is C23H30N4O3. The van der Waals surface area contributed by atoms with Crippen molar-refractivity contribution in [2.24, 2.45) is 0 Å². The summed E-state index contributed by atoms with van der Waals surface area (Å²) in [6.45, 7) is 2.80. The molecule has 1 aromatic carbocycles. The Balaban J connectivity index is 1.39. The molecule has 1 aromatic heterocycles. The van der Waals surface area contributed by atoms with Crippen molar-refractivity contribution in [3.05, 3.63) is 53.7 Å². The van der Waals surface area contributed by atoms with E-state index in [1.54, 1.807) is 24.3 Å². The molecule has 1 saturated heterocycles. The average molecular weight is 411 g/mol. The molecule has 1 fully saturated rings. The van der Waals surface area contributed by atoms with Crippen molar-refractivity contribution in [3.8, 4) is 5.75 Å². The van der Waals surface area contributed by atoms with Crippen molar-refractivity contribution in [3.63, 3.8) is 0 Å². The molecule has 2 amide bonds. The van der Waals surface area contributed by atoms with Crippen LogP contribution >= 0.6 is 0 Å². The monoisotopic (exact) mass is 410 g/mol. The van der Waals surface area contributed by atoms with E-state index in [1.807, 2.05) is 18.3 Å². The zero-order valence-corrected chi connectivity index (χ0v) is 17.5. The maximum atomic E-state index is 12.2. The fraction of sp³-hybridized carbons (Fsp3) is 0.435. The number of benzene rings is 1. The van der Waals surface area contributed by atoms with E-state index in [0.717, 1.165) is 24.5 Å². The Kier molecular flexibility index (Phi) is 8.06. The number of carbonyl (C=O) groups excluding carboxylic acids is 2. The van der Waals surface area contributed by atoms with Crippen LogP contribution in [0.25, 0.3) is 0 Å². The van der Waals surface area contributed by atoms with E-state index in [2.05, 4.69) is 20.5 Å². The fourth-order valence-electron chi connectivity index (χ4n) is 3.51. The zero-order chi connectivity index (χ0) is 21.2. The van der Waals surface area contributed by atoms with Gasteiger partial charge in [0.25, 0.3) is 5.91 Å². The first kappa shape index (κ1) is 21.6.